The van der Waals surface area contributed by atoms with E-state index in [1.54, 1.807) is 4.68 Å². The number of likely N-dealkylation sites (tertiary alicyclic amines) is 1. The van der Waals surface area contributed by atoms with Gasteiger partial charge < -0.3 is 11.1 Å². The molecule has 1 aliphatic carbocycles. The van der Waals surface area contributed by atoms with Crippen LogP contribution in [0, 0.1) is 11.3 Å². The van der Waals surface area contributed by atoms with Crippen LogP contribution in [0.4, 0.5) is 24.7 Å². The van der Waals surface area contributed by atoms with Crippen LogP contribution >= 0.6 is 0 Å². The quantitative estimate of drug-likeness (QED) is 0.558. The van der Waals surface area contributed by atoms with E-state index in [9.17, 15) is 31.6 Å². The molecular weight excluding hydrogens is 485 g/mol. The fraction of sp³-hybridized carbons (Fsp3) is 0.500. The molecule has 188 valence electrons. The third-order valence-electron chi connectivity index (χ3n) is 6.82. The van der Waals surface area contributed by atoms with E-state index in [1.165, 1.54) is 18.3 Å². The summed E-state index contributed by atoms with van der Waals surface area (Å²) < 4.78 is 63.6. The number of nitrogens with two attached hydrogens (primary N) is 1. The molecule has 35 heavy (non-hydrogen) atoms. The number of hydrogen-bond acceptors (Lipinski definition) is 7. The summed E-state index contributed by atoms with van der Waals surface area (Å²) in [5, 5.41) is 16.9. The van der Waals surface area contributed by atoms with Crippen molar-refractivity contribution in [2.45, 2.75) is 60.5 Å². The van der Waals surface area contributed by atoms with Crippen molar-refractivity contribution in [1.82, 2.24) is 14.7 Å². The van der Waals surface area contributed by atoms with Gasteiger partial charge in [-0.25, -0.2) is 12.8 Å². The van der Waals surface area contributed by atoms with Crippen molar-refractivity contribution in [2.75, 3.05) is 18.4 Å². The van der Waals surface area contributed by atoms with Crippen molar-refractivity contribution in [2.24, 2.45) is 5.73 Å². The molecule has 0 radical (unpaired) electrons. The van der Waals surface area contributed by atoms with E-state index in [1.807, 2.05) is 0 Å². The number of anilines is 2. The molecule has 2 aliphatic rings. The number of nitrogens with zero attached hydrogens (tertiary/aromatic N) is 4. The average Bonchev–Trinajstić information content (AvgIpc) is 3.23. The monoisotopic (exact) mass is 510 g/mol. The lowest BCUT2D eigenvalue weighted by Gasteiger charge is -2.46. The lowest BCUT2D eigenvalue weighted by atomic mass is 9.76. The van der Waals surface area contributed by atoms with Crippen molar-refractivity contribution in [3.63, 3.8) is 0 Å². The van der Waals surface area contributed by atoms with E-state index >= 15 is 0 Å². The summed E-state index contributed by atoms with van der Waals surface area (Å²) in [6.07, 6.45) is 3.58. The maximum Gasteiger partial charge on any atom is 0.341 e. The standard InChI is InChI=1S/C22H25F3N6O3S/c23-14-11-30(12-14)16-5-7-22(8-6-16,9-10-26)31-13-18(19(27)32)20(29-31)28-15-1-3-17(4-2-15)35(33,34)21(24)25/h1-4,13-14,16,21H,5-9,11-12H2,(H2,27,32)(H,28,29). The van der Waals surface area contributed by atoms with Crippen LogP contribution in [0.5, 0.6) is 0 Å². The normalized spacial score (nSPS) is 23.6. The summed E-state index contributed by atoms with van der Waals surface area (Å²) in [6.45, 7) is 0.851. The van der Waals surface area contributed by atoms with E-state index in [-0.39, 0.29) is 23.8 Å². The minimum absolute atomic E-state index is 0.0664. The predicted octanol–water partition coefficient (Wildman–Crippen LogP) is 2.93. The van der Waals surface area contributed by atoms with Crippen molar-refractivity contribution in [3.05, 3.63) is 36.0 Å². The van der Waals surface area contributed by atoms with Gasteiger partial charge in [0, 0.05) is 31.0 Å². The van der Waals surface area contributed by atoms with E-state index < -0.39 is 38.1 Å². The second-order valence-electron chi connectivity index (χ2n) is 9.00. The Kier molecular flexibility index (Phi) is 6.79. The van der Waals surface area contributed by atoms with Crippen LogP contribution in [-0.2, 0) is 15.4 Å². The summed E-state index contributed by atoms with van der Waals surface area (Å²) in [5.41, 5.74) is 5.25. The lowest BCUT2D eigenvalue weighted by molar-refractivity contribution is -0.00396. The molecule has 0 spiro atoms. The number of amides is 1. The first-order chi connectivity index (χ1) is 16.6. The van der Waals surface area contributed by atoms with Crippen LogP contribution in [0.25, 0.3) is 0 Å². The lowest BCUT2D eigenvalue weighted by Crippen LogP contribution is -2.55. The predicted molar refractivity (Wildman–Crippen MR) is 121 cm³/mol. The minimum Gasteiger partial charge on any atom is -0.365 e. The number of alkyl halides is 3. The smallest absolute Gasteiger partial charge is 0.341 e. The van der Waals surface area contributed by atoms with E-state index in [0.29, 0.717) is 31.6 Å². The van der Waals surface area contributed by atoms with Crippen LogP contribution < -0.4 is 11.1 Å². The molecule has 3 N–H and O–H groups in total. The molecule has 2 aromatic rings. The number of carbonyl (C=O) groups is 1. The number of hydrogen-bond donors (Lipinski definition) is 2. The van der Waals surface area contributed by atoms with Crippen LogP contribution in [0.3, 0.4) is 0 Å². The third-order valence-corrected chi connectivity index (χ3v) is 8.22. The van der Waals surface area contributed by atoms with E-state index in [0.717, 1.165) is 25.0 Å². The third kappa shape index (κ3) is 4.85. The highest BCUT2D eigenvalue weighted by Gasteiger charge is 2.42. The Morgan fingerprint density at radius 3 is 2.40 bits per heavy atom. The Morgan fingerprint density at radius 1 is 1.26 bits per heavy atom. The number of benzene rings is 1. The van der Waals surface area contributed by atoms with Gasteiger partial charge in [0.1, 0.15) is 11.7 Å². The Morgan fingerprint density at radius 2 is 1.89 bits per heavy atom. The van der Waals surface area contributed by atoms with Gasteiger partial charge in [-0.15, -0.1) is 0 Å². The minimum atomic E-state index is -4.73. The zero-order valence-corrected chi connectivity index (χ0v) is 19.5. The number of sulfone groups is 1. The molecule has 1 amide bonds. The summed E-state index contributed by atoms with van der Waals surface area (Å²) in [6, 6.07) is 7.05. The Balaban J connectivity index is 1.57. The first kappa shape index (κ1) is 25.0. The number of aromatic nitrogens is 2. The van der Waals surface area contributed by atoms with Gasteiger partial charge in [-0.1, -0.05) is 0 Å². The highest BCUT2D eigenvalue weighted by atomic mass is 32.2. The van der Waals surface area contributed by atoms with Gasteiger partial charge in [0.05, 0.1) is 22.9 Å². The van der Waals surface area contributed by atoms with E-state index in [4.69, 9.17) is 5.73 Å². The fourth-order valence-electron chi connectivity index (χ4n) is 4.75. The maximum atomic E-state index is 13.3. The molecule has 1 aliphatic heterocycles. The molecule has 9 nitrogen and oxygen atoms in total. The van der Waals surface area contributed by atoms with E-state index in [2.05, 4.69) is 21.4 Å². The van der Waals surface area contributed by atoms with Crippen molar-refractivity contribution >= 4 is 27.2 Å². The average molecular weight is 511 g/mol. The second-order valence-corrected chi connectivity index (χ2v) is 10.9. The van der Waals surface area contributed by atoms with Crippen molar-refractivity contribution in [1.29, 1.82) is 5.26 Å². The number of primary amides is 1. The Hall–Kier alpha value is -3.11. The van der Waals surface area contributed by atoms with Gasteiger partial charge in [-0.2, -0.15) is 19.1 Å². The molecule has 2 heterocycles. The molecule has 1 saturated heterocycles. The number of halogens is 3. The molecule has 1 aromatic carbocycles. The molecule has 0 bridgehead atoms. The van der Waals surface area contributed by atoms with Gasteiger partial charge in [-0.3, -0.25) is 14.4 Å². The zero-order valence-electron chi connectivity index (χ0n) is 18.7. The summed E-state index contributed by atoms with van der Waals surface area (Å²) in [7, 11) is -4.73. The van der Waals surface area contributed by atoms with Crippen LogP contribution in [0.1, 0.15) is 42.5 Å². The SMILES string of the molecule is N#CCC1(n2cc(C(N)=O)c(Nc3ccc(S(=O)(=O)C(F)F)cc3)n2)CCC(N2CC(F)C2)CC1. The molecule has 1 saturated carbocycles. The van der Waals surface area contributed by atoms with Gasteiger partial charge in [0.2, 0.25) is 9.84 Å². The molecule has 1 aromatic heterocycles. The zero-order chi connectivity index (χ0) is 25.4. The Bertz CT molecular complexity index is 1230. The number of nitriles is 1. The topological polar surface area (TPSA) is 134 Å². The molecule has 13 heteroatoms. The van der Waals surface area contributed by atoms with Crippen molar-refractivity contribution < 1.29 is 26.4 Å². The summed E-state index contributed by atoms with van der Waals surface area (Å²) in [4.78, 5) is 13.7. The maximum absolute atomic E-state index is 13.3. The largest absolute Gasteiger partial charge is 0.365 e. The van der Waals surface area contributed by atoms with Gasteiger partial charge in [0.25, 0.3) is 5.91 Å². The number of carbonyl (C=O) groups excluding carboxylic acids is 1. The molecule has 4 rings (SSSR count). The van der Waals surface area contributed by atoms with Gasteiger partial charge >= 0.3 is 5.76 Å². The first-order valence-electron chi connectivity index (χ1n) is 11.1. The van der Waals surface area contributed by atoms with Crippen LogP contribution in [-0.4, -0.2) is 60.1 Å². The fourth-order valence-corrected chi connectivity index (χ4v) is 5.47. The van der Waals surface area contributed by atoms with Gasteiger partial charge in [-0.05, 0) is 49.9 Å². The highest BCUT2D eigenvalue weighted by Crippen LogP contribution is 2.41. The van der Waals surface area contributed by atoms with Crippen LogP contribution in [0.15, 0.2) is 35.4 Å². The molecule has 0 unspecified atom stereocenters. The molecular formula is C22H25F3N6O3S. The molecule has 2 fully saturated rings. The summed E-state index contributed by atoms with van der Waals surface area (Å²) in [5.74, 6) is -4.19. The van der Waals surface area contributed by atoms with Crippen LogP contribution in [0.2, 0.25) is 0 Å². The first-order valence-corrected chi connectivity index (χ1v) is 12.6. The van der Waals surface area contributed by atoms with Crippen molar-refractivity contribution in [3.8, 4) is 6.07 Å². The second kappa shape index (κ2) is 9.50. The summed E-state index contributed by atoms with van der Waals surface area (Å²) >= 11 is 0. The molecule has 0 atom stereocenters. The van der Waals surface area contributed by atoms with Gasteiger partial charge in [0.15, 0.2) is 5.82 Å². The number of rotatable bonds is 8. The number of nitrogens with one attached hydrogen (secondary N) is 1. The Labute approximate surface area is 200 Å². The highest BCUT2D eigenvalue weighted by molar-refractivity contribution is 7.91.